The lowest BCUT2D eigenvalue weighted by molar-refractivity contribution is -0.152. The van der Waals surface area contributed by atoms with Crippen LogP contribution in [0.1, 0.15) is 63.9 Å². The van der Waals surface area contributed by atoms with Crippen molar-refractivity contribution in [3.63, 3.8) is 0 Å². The van der Waals surface area contributed by atoms with E-state index < -0.39 is 5.82 Å². The summed E-state index contributed by atoms with van der Waals surface area (Å²) in [4.78, 5) is 27.7. The van der Waals surface area contributed by atoms with E-state index in [1.165, 1.54) is 18.6 Å². The Labute approximate surface area is 177 Å². The van der Waals surface area contributed by atoms with Gasteiger partial charge in [-0.2, -0.15) is 0 Å². The molecule has 1 saturated heterocycles. The van der Waals surface area contributed by atoms with E-state index in [1.807, 2.05) is 0 Å². The third-order valence-electron chi connectivity index (χ3n) is 6.78. The maximum absolute atomic E-state index is 14.1. The van der Waals surface area contributed by atoms with Crippen molar-refractivity contribution in [3.05, 3.63) is 41.4 Å². The molecule has 0 radical (unpaired) electrons. The summed E-state index contributed by atoms with van der Waals surface area (Å²) in [5.41, 5.74) is 0.315. The Hall–Kier alpha value is -2.37. The van der Waals surface area contributed by atoms with E-state index in [-0.39, 0.29) is 42.3 Å². The van der Waals surface area contributed by atoms with Crippen LogP contribution in [0.3, 0.4) is 0 Å². The van der Waals surface area contributed by atoms with Gasteiger partial charge in [0.2, 0.25) is 5.91 Å². The first-order chi connectivity index (χ1) is 14.5. The van der Waals surface area contributed by atoms with Crippen LogP contribution in [0.4, 0.5) is 4.39 Å². The predicted octanol–water partition coefficient (Wildman–Crippen LogP) is 4.03. The molecule has 5 nitrogen and oxygen atoms in total. The molecule has 2 saturated carbocycles. The second-order valence-corrected chi connectivity index (χ2v) is 8.91. The topological polar surface area (TPSA) is 58.6 Å². The Kier molecular flexibility index (Phi) is 6.40. The molecule has 0 bridgehead atoms. The van der Waals surface area contributed by atoms with Gasteiger partial charge in [0, 0.05) is 11.6 Å². The van der Waals surface area contributed by atoms with Gasteiger partial charge in [0.05, 0.1) is 6.04 Å². The minimum atomic E-state index is -0.400. The highest BCUT2D eigenvalue weighted by Crippen LogP contribution is 2.33. The van der Waals surface area contributed by atoms with E-state index in [1.54, 1.807) is 23.1 Å². The number of rotatable bonds is 4. The minimum absolute atomic E-state index is 0.0290. The van der Waals surface area contributed by atoms with E-state index >= 15 is 0 Å². The molecule has 6 heteroatoms. The van der Waals surface area contributed by atoms with Gasteiger partial charge in [-0.3, -0.25) is 9.59 Å². The summed E-state index contributed by atoms with van der Waals surface area (Å²) in [5.74, 6) is -0.251. The van der Waals surface area contributed by atoms with Crippen molar-refractivity contribution in [2.75, 3.05) is 6.54 Å². The summed E-state index contributed by atoms with van der Waals surface area (Å²) in [6, 6.07) is 6.40. The molecule has 1 N–H and O–H groups in total. The molecule has 4 atom stereocenters. The summed E-state index contributed by atoms with van der Waals surface area (Å²) in [7, 11) is 0. The molecule has 3 aliphatic rings. The van der Waals surface area contributed by atoms with Gasteiger partial charge in [-0.1, -0.05) is 44.4 Å². The molecule has 1 aromatic rings. The Balaban J connectivity index is 1.52. The van der Waals surface area contributed by atoms with E-state index in [4.69, 9.17) is 4.74 Å². The fraction of sp³-hybridized carbons (Fsp3) is 0.583. The fourth-order valence-corrected chi connectivity index (χ4v) is 5.03. The number of hydrogen-bond acceptors (Lipinski definition) is 3. The molecule has 0 aromatic heterocycles. The highest BCUT2D eigenvalue weighted by atomic mass is 19.1. The highest BCUT2D eigenvalue weighted by molar-refractivity contribution is 5.98. The first-order valence-electron chi connectivity index (χ1n) is 11.3. The van der Waals surface area contributed by atoms with Crippen LogP contribution in [0.25, 0.3) is 6.08 Å². The summed E-state index contributed by atoms with van der Waals surface area (Å²) >= 11 is 0. The number of amides is 2. The zero-order valence-electron chi connectivity index (χ0n) is 17.6. The number of ether oxygens (including phenoxy) is 1. The largest absolute Gasteiger partial charge is 0.482 e. The van der Waals surface area contributed by atoms with Crippen molar-refractivity contribution < 1.29 is 18.7 Å². The number of hydrogen-bond donors (Lipinski definition) is 1. The van der Waals surface area contributed by atoms with Crippen LogP contribution in [-0.4, -0.2) is 41.4 Å². The molecule has 1 aromatic carbocycles. The number of morpholine rings is 1. The van der Waals surface area contributed by atoms with Gasteiger partial charge >= 0.3 is 0 Å². The van der Waals surface area contributed by atoms with E-state index in [2.05, 4.69) is 12.2 Å². The van der Waals surface area contributed by atoms with Crippen LogP contribution in [0, 0.1) is 11.7 Å². The van der Waals surface area contributed by atoms with Crippen molar-refractivity contribution in [3.8, 4) is 0 Å². The smallest absolute Gasteiger partial charge is 0.289 e. The lowest BCUT2D eigenvalue weighted by Crippen LogP contribution is -2.57. The van der Waals surface area contributed by atoms with Gasteiger partial charge in [0.25, 0.3) is 5.91 Å². The number of nitrogens with zero attached hydrogens (tertiary/aromatic N) is 1. The van der Waals surface area contributed by atoms with Gasteiger partial charge in [-0.25, -0.2) is 4.39 Å². The molecule has 4 unspecified atom stereocenters. The van der Waals surface area contributed by atoms with Gasteiger partial charge in [-0.15, -0.1) is 0 Å². The van der Waals surface area contributed by atoms with Crippen LogP contribution in [0.2, 0.25) is 0 Å². The van der Waals surface area contributed by atoms with Crippen LogP contribution < -0.4 is 5.32 Å². The van der Waals surface area contributed by atoms with Gasteiger partial charge in [-0.05, 0) is 50.2 Å². The third kappa shape index (κ3) is 4.52. The standard InChI is InChI=1S/C24H31FN2O3/c1-16-8-2-5-11-19(16)26-23(28)15-27-20-12-6-7-13-21(20)30-22(24(27)29)14-17-9-3-4-10-18(17)25/h3-4,9-10,14,16,19-21H,2,5-8,11-13,15H2,1H3,(H,26,28)/b22-14-. The van der Waals surface area contributed by atoms with Gasteiger partial charge in [0.15, 0.2) is 5.76 Å². The van der Waals surface area contributed by atoms with Crippen molar-refractivity contribution in [2.45, 2.75) is 76.5 Å². The van der Waals surface area contributed by atoms with Crippen LogP contribution in [-0.2, 0) is 14.3 Å². The van der Waals surface area contributed by atoms with E-state index in [0.717, 1.165) is 44.9 Å². The first kappa shape index (κ1) is 20.9. The molecule has 2 aliphatic carbocycles. The normalized spacial score (nSPS) is 30.5. The van der Waals surface area contributed by atoms with Crippen molar-refractivity contribution >= 4 is 17.9 Å². The number of fused-ring (bicyclic) bond motifs is 1. The number of nitrogens with one attached hydrogen (secondary N) is 1. The number of carbonyl (C=O) groups is 2. The minimum Gasteiger partial charge on any atom is -0.482 e. The van der Waals surface area contributed by atoms with Crippen molar-refractivity contribution in [1.29, 1.82) is 0 Å². The maximum atomic E-state index is 14.1. The molecule has 2 amide bonds. The number of carbonyl (C=O) groups excluding carboxylic acids is 2. The number of halogens is 1. The molecule has 1 heterocycles. The summed E-state index contributed by atoms with van der Waals surface area (Å²) in [6.45, 7) is 2.21. The molecule has 1 aliphatic heterocycles. The monoisotopic (exact) mass is 414 g/mol. The van der Waals surface area contributed by atoms with Crippen LogP contribution >= 0.6 is 0 Å². The molecule has 162 valence electrons. The Bertz CT molecular complexity index is 824. The van der Waals surface area contributed by atoms with Gasteiger partial charge < -0.3 is 15.0 Å². The summed E-state index contributed by atoms with van der Waals surface area (Å²) in [6.07, 6.45) is 9.50. The highest BCUT2D eigenvalue weighted by Gasteiger charge is 2.42. The molecular formula is C24H31FN2O3. The molecular weight excluding hydrogens is 383 g/mol. The molecule has 30 heavy (non-hydrogen) atoms. The molecule has 0 spiro atoms. The fourth-order valence-electron chi connectivity index (χ4n) is 5.03. The average Bonchev–Trinajstić information content (AvgIpc) is 2.74. The van der Waals surface area contributed by atoms with E-state index in [9.17, 15) is 14.0 Å². The molecule has 4 rings (SSSR count). The summed E-state index contributed by atoms with van der Waals surface area (Å²) in [5, 5.41) is 3.15. The van der Waals surface area contributed by atoms with E-state index in [0.29, 0.717) is 11.5 Å². The first-order valence-corrected chi connectivity index (χ1v) is 11.3. The lowest BCUT2D eigenvalue weighted by Gasteiger charge is -2.44. The Morgan fingerprint density at radius 3 is 2.70 bits per heavy atom. The maximum Gasteiger partial charge on any atom is 0.289 e. The quantitative estimate of drug-likeness (QED) is 0.757. The zero-order chi connectivity index (χ0) is 21.1. The third-order valence-corrected chi connectivity index (χ3v) is 6.78. The second-order valence-electron chi connectivity index (χ2n) is 8.91. The van der Waals surface area contributed by atoms with Crippen molar-refractivity contribution in [1.82, 2.24) is 10.2 Å². The van der Waals surface area contributed by atoms with Gasteiger partial charge in [0.1, 0.15) is 18.5 Å². The Morgan fingerprint density at radius 1 is 1.17 bits per heavy atom. The summed E-state index contributed by atoms with van der Waals surface area (Å²) < 4.78 is 20.1. The number of benzene rings is 1. The van der Waals surface area contributed by atoms with Crippen molar-refractivity contribution in [2.24, 2.45) is 5.92 Å². The Morgan fingerprint density at radius 2 is 1.90 bits per heavy atom. The lowest BCUT2D eigenvalue weighted by atomic mass is 9.86. The predicted molar refractivity (Wildman–Crippen MR) is 113 cm³/mol. The second kappa shape index (κ2) is 9.19. The molecule has 3 fully saturated rings. The SMILES string of the molecule is CC1CCCCC1NC(=O)CN1C(=O)/C(=C/c2ccccc2F)OC2CCCCC21. The van der Waals surface area contributed by atoms with Crippen LogP contribution in [0.5, 0.6) is 0 Å². The van der Waals surface area contributed by atoms with Crippen LogP contribution in [0.15, 0.2) is 30.0 Å². The average molecular weight is 415 g/mol. The zero-order valence-corrected chi connectivity index (χ0v) is 17.6.